The zero-order valence-electron chi connectivity index (χ0n) is 18.6. The fourth-order valence-corrected chi connectivity index (χ4v) is 4.19. The number of hydrogen-bond donors (Lipinski definition) is 1. The Morgan fingerprint density at radius 2 is 1.58 bits per heavy atom. The van der Waals surface area contributed by atoms with Gasteiger partial charge >= 0.3 is 5.97 Å². The predicted octanol–water partition coefficient (Wildman–Crippen LogP) is 5.84. The van der Waals surface area contributed by atoms with Crippen LogP contribution in [0.15, 0.2) is 66.0 Å². The van der Waals surface area contributed by atoms with E-state index in [-0.39, 0.29) is 5.97 Å². The van der Waals surface area contributed by atoms with Crippen molar-refractivity contribution in [1.82, 2.24) is 0 Å². The van der Waals surface area contributed by atoms with E-state index in [1.807, 2.05) is 93.7 Å². The van der Waals surface area contributed by atoms with Crippen LogP contribution in [0.5, 0.6) is 5.75 Å². The van der Waals surface area contributed by atoms with Gasteiger partial charge in [0, 0.05) is 11.3 Å². The molecule has 1 N–H and O–H groups in total. The molecular weight excluding hydrogens is 408 g/mol. The molecule has 31 heavy (non-hydrogen) atoms. The number of carbonyl (C=O) groups is 1. The lowest BCUT2D eigenvalue weighted by Crippen LogP contribution is -2.27. The van der Waals surface area contributed by atoms with Crippen molar-refractivity contribution in [3.63, 3.8) is 0 Å². The molecule has 3 rings (SSSR count). The average Bonchev–Trinajstić information content (AvgIpc) is 3.26. The molecule has 0 bridgehead atoms. The molecule has 1 unspecified atom stereocenters. The lowest BCUT2D eigenvalue weighted by Gasteiger charge is -2.28. The van der Waals surface area contributed by atoms with E-state index < -0.39 is 11.2 Å². The SMILES string of the molecule is Cc1ccc(C(O)(c2ccc(OCCCC(=O)OC(C)(C)C)cc2)c2cccs2)cc1. The van der Waals surface area contributed by atoms with Crippen LogP contribution in [0.25, 0.3) is 0 Å². The minimum atomic E-state index is -1.23. The monoisotopic (exact) mass is 438 g/mol. The smallest absolute Gasteiger partial charge is 0.306 e. The number of carbonyl (C=O) groups excluding carboxylic acids is 1. The molecule has 0 fully saturated rings. The van der Waals surface area contributed by atoms with Crippen molar-refractivity contribution in [1.29, 1.82) is 0 Å². The Kier molecular flexibility index (Phi) is 7.19. The number of ether oxygens (including phenoxy) is 2. The number of hydrogen-bond acceptors (Lipinski definition) is 5. The summed E-state index contributed by atoms with van der Waals surface area (Å²) in [5, 5.41) is 13.8. The third kappa shape index (κ3) is 5.96. The molecule has 3 aromatic rings. The van der Waals surface area contributed by atoms with Gasteiger partial charge in [-0.25, -0.2) is 0 Å². The lowest BCUT2D eigenvalue weighted by atomic mass is 9.84. The van der Waals surface area contributed by atoms with E-state index in [4.69, 9.17) is 9.47 Å². The summed E-state index contributed by atoms with van der Waals surface area (Å²) in [6, 6.07) is 19.3. The second-order valence-electron chi connectivity index (χ2n) is 8.62. The molecule has 0 amide bonds. The molecule has 0 aliphatic carbocycles. The number of rotatable bonds is 8. The maximum atomic E-state index is 11.8. The second kappa shape index (κ2) is 9.67. The van der Waals surface area contributed by atoms with Crippen molar-refractivity contribution in [3.05, 3.63) is 87.6 Å². The molecule has 0 saturated carbocycles. The largest absolute Gasteiger partial charge is 0.494 e. The van der Waals surface area contributed by atoms with Crippen LogP contribution >= 0.6 is 11.3 Å². The summed E-state index contributed by atoms with van der Waals surface area (Å²) in [5.41, 5.74) is 1.06. The first-order valence-corrected chi connectivity index (χ1v) is 11.3. The van der Waals surface area contributed by atoms with Gasteiger partial charge in [-0.3, -0.25) is 4.79 Å². The zero-order valence-corrected chi connectivity index (χ0v) is 19.4. The van der Waals surface area contributed by atoms with Gasteiger partial charge in [0.2, 0.25) is 0 Å². The minimum absolute atomic E-state index is 0.217. The molecule has 5 heteroatoms. The van der Waals surface area contributed by atoms with Crippen LogP contribution in [0, 0.1) is 6.92 Å². The van der Waals surface area contributed by atoms with Gasteiger partial charge in [-0.1, -0.05) is 48.0 Å². The summed E-state index contributed by atoms with van der Waals surface area (Å²) >= 11 is 1.53. The third-order valence-electron chi connectivity index (χ3n) is 4.83. The molecule has 0 radical (unpaired) electrons. The van der Waals surface area contributed by atoms with Crippen LogP contribution in [-0.2, 0) is 15.1 Å². The molecule has 2 aromatic carbocycles. The van der Waals surface area contributed by atoms with Gasteiger partial charge in [0.25, 0.3) is 0 Å². The highest BCUT2D eigenvalue weighted by atomic mass is 32.1. The summed E-state index contributed by atoms with van der Waals surface area (Å²) < 4.78 is 11.1. The summed E-state index contributed by atoms with van der Waals surface area (Å²) in [5.74, 6) is 0.482. The number of thiophene rings is 1. The predicted molar refractivity (Wildman–Crippen MR) is 125 cm³/mol. The summed E-state index contributed by atoms with van der Waals surface area (Å²) in [4.78, 5) is 12.7. The van der Waals surface area contributed by atoms with Crippen molar-refractivity contribution in [2.24, 2.45) is 0 Å². The van der Waals surface area contributed by atoms with Crippen LogP contribution in [0.2, 0.25) is 0 Å². The van der Waals surface area contributed by atoms with E-state index >= 15 is 0 Å². The second-order valence-corrected chi connectivity index (χ2v) is 9.56. The Labute approximate surface area is 188 Å². The third-order valence-corrected chi connectivity index (χ3v) is 5.81. The molecule has 1 atom stereocenters. The first-order valence-electron chi connectivity index (χ1n) is 10.5. The van der Waals surface area contributed by atoms with Crippen LogP contribution in [0.3, 0.4) is 0 Å². The van der Waals surface area contributed by atoms with Crippen molar-refractivity contribution < 1.29 is 19.4 Å². The Morgan fingerprint density at radius 3 is 2.13 bits per heavy atom. The van der Waals surface area contributed by atoms with Gasteiger partial charge in [0.1, 0.15) is 17.0 Å². The highest BCUT2D eigenvalue weighted by Crippen LogP contribution is 2.39. The van der Waals surface area contributed by atoms with Gasteiger partial charge in [-0.15, -0.1) is 11.3 Å². The topological polar surface area (TPSA) is 55.8 Å². The lowest BCUT2D eigenvalue weighted by molar-refractivity contribution is -0.155. The van der Waals surface area contributed by atoms with Crippen LogP contribution in [0.4, 0.5) is 0 Å². The maximum absolute atomic E-state index is 11.8. The van der Waals surface area contributed by atoms with Crippen molar-refractivity contribution in [2.45, 2.75) is 51.7 Å². The van der Waals surface area contributed by atoms with E-state index in [1.165, 1.54) is 11.3 Å². The number of aliphatic hydroxyl groups is 1. The normalized spacial score (nSPS) is 13.5. The van der Waals surface area contributed by atoms with Crippen LogP contribution in [0.1, 0.15) is 55.2 Å². The van der Waals surface area contributed by atoms with Crippen molar-refractivity contribution in [2.75, 3.05) is 6.61 Å². The molecule has 1 heterocycles. The highest BCUT2D eigenvalue weighted by molar-refractivity contribution is 7.10. The Bertz CT molecular complexity index is 970. The van der Waals surface area contributed by atoms with E-state index in [1.54, 1.807) is 0 Å². The summed E-state index contributed by atoms with van der Waals surface area (Å²) in [6.07, 6.45) is 0.903. The number of aryl methyl sites for hydroxylation is 1. The molecular formula is C26H30O4S. The standard InChI is InChI=1S/C26H30O4S/c1-19-9-11-20(12-10-19)26(28,23-7-6-18-31-23)21-13-15-22(16-14-21)29-17-5-8-24(27)30-25(2,3)4/h6-7,9-16,18,28H,5,8,17H2,1-4H3. The average molecular weight is 439 g/mol. The molecule has 164 valence electrons. The van der Waals surface area contributed by atoms with E-state index in [0.717, 1.165) is 21.6 Å². The van der Waals surface area contributed by atoms with Crippen LogP contribution < -0.4 is 4.74 Å². The fourth-order valence-electron chi connectivity index (χ4n) is 3.32. The molecule has 0 spiro atoms. The molecule has 0 saturated heterocycles. The minimum Gasteiger partial charge on any atom is -0.494 e. The maximum Gasteiger partial charge on any atom is 0.306 e. The first-order chi connectivity index (χ1) is 14.7. The van der Waals surface area contributed by atoms with Gasteiger partial charge in [0.05, 0.1) is 6.61 Å². The molecule has 4 nitrogen and oxygen atoms in total. The zero-order chi connectivity index (χ0) is 22.5. The van der Waals surface area contributed by atoms with E-state index in [2.05, 4.69) is 0 Å². The Balaban J connectivity index is 1.68. The van der Waals surface area contributed by atoms with Gasteiger partial charge < -0.3 is 14.6 Å². The van der Waals surface area contributed by atoms with Crippen molar-refractivity contribution >= 4 is 17.3 Å². The Morgan fingerprint density at radius 1 is 0.968 bits per heavy atom. The van der Waals surface area contributed by atoms with Crippen LogP contribution in [-0.4, -0.2) is 23.3 Å². The number of esters is 1. The van der Waals surface area contributed by atoms with Gasteiger partial charge in [-0.2, -0.15) is 0 Å². The Hall–Kier alpha value is -2.63. The molecule has 0 aliphatic heterocycles. The van der Waals surface area contributed by atoms with Gasteiger partial charge in [-0.05, 0) is 68.8 Å². The highest BCUT2D eigenvalue weighted by Gasteiger charge is 2.34. The number of benzene rings is 2. The van der Waals surface area contributed by atoms with Gasteiger partial charge in [0.15, 0.2) is 0 Å². The molecule has 0 aliphatic rings. The quantitative estimate of drug-likeness (QED) is 0.354. The first kappa shape index (κ1) is 23.0. The van der Waals surface area contributed by atoms with Crippen molar-refractivity contribution in [3.8, 4) is 5.75 Å². The molecule has 1 aromatic heterocycles. The van der Waals surface area contributed by atoms with E-state index in [0.29, 0.717) is 25.2 Å². The fraction of sp³-hybridized carbons (Fsp3) is 0.346. The summed E-state index contributed by atoms with van der Waals surface area (Å²) in [7, 11) is 0. The van der Waals surface area contributed by atoms with E-state index in [9.17, 15) is 9.90 Å². The summed E-state index contributed by atoms with van der Waals surface area (Å²) in [6.45, 7) is 8.03.